The minimum absolute atomic E-state index is 0.0445. The van der Waals surface area contributed by atoms with E-state index in [4.69, 9.17) is 18.9 Å². The first kappa shape index (κ1) is 31.9. The number of aliphatic hydroxyl groups excluding tert-OH is 1. The first-order valence-electron chi connectivity index (χ1n) is 15.2. The van der Waals surface area contributed by atoms with E-state index in [1.165, 1.54) is 6.33 Å². The highest BCUT2D eigenvalue weighted by atomic mass is 16.6. The third-order valence-electron chi connectivity index (χ3n) is 8.49. The molecule has 0 saturated carbocycles. The first-order chi connectivity index (χ1) is 22.7. The molecule has 1 unspecified atom stereocenters. The summed E-state index contributed by atoms with van der Waals surface area (Å²) in [5.41, 5.74) is 1.61. The highest BCUT2D eigenvalue weighted by molar-refractivity contribution is 5.81. The van der Waals surface area contributed by atoms with Crippen molar-refractivity contribution >= 4 is 22.9 Å². The van der Waals surface area contributed by atoms with E-state index in [1.54, 1.807) is 18.8 Å². The highest BCUT2D eigenvalue weighted by Crippen LogP contribution is 2.43. The van der Waals surface area contributed by atoms with Crippen LogP contribution in [0.2, 0.25) is 0 Å². The van der Waals surface area contributed by atoms with Crippen molar-refractivity contribution in [3.8, 4) is 11.5 Å². The van der Waals surface area contributed by atoms with Gasteiger partial charge < -0.3 is 29.0 Å². The molecule has 3 aromatic carbocycles. The topological polar surface area (TPSA) is 136 Å². The van der Waals surface area contributed by atoms with E-state index in [2.05, 4.69) is 19.9 Å². The standard InChI is InChI=1S/C35H38N6O6/c1-22(40(2)3)37-34-38-32-31(33(43)39-34)36-21-41(32)30-19-28(42)29(47-30)20-46-35(23-9-7-6-8-10-23,24-11-15-26(44-4)16-12-24)25-13-17-27(45-5)18-14-25/h6-18,21,28-30,42H,19-20H2,1-5H3,(H,38,39,43)/b37-22+/t28?,29-,30-/m1/s1. The molecule has 0 spiro atoms. The Balaban J connectivity index is 1.35. The van der Waals surface area contributed by atoms with Gasteiger partial charge in [0.2, 0.25) is 5.95 Å². The number of benzene rings is 3. The van der Waals surface area contributed by atoms with Gasteiger partial charge in [0.25, 0.3) is 5.56 Å². The van der Waals surface area contributed by atoms with Crippen molar-refractivity contribution in [2.24, 2.45) is 4.99 Å². The van der Waals surface area contributed by atoms with Gasteiger partial charge in [-0.1, -0.05) is 54.6 Å². The van der Waals surface area contributed by atoms with Crippen LogP contribution in [0.4, 0.5) is 5.95 Å². The van der Waals surface area contributed by atoms with Crippen LogP contribution in [-0.2, 0) is 15.1 Å². The summed E-state index contributed by atoms with van der Waals surface area (Å²) >= 11 is 0. The van der Waals surface area contributed by atoms with Crippen LogP contribution in [0, 0.1) is 0 Å². The predicted molar refractivity (Wildman–Crippen MR) is 177 cm³/mol. The number of nitrogens with one attached hydrogen (secondary N) is 1. The maximum atomic E-state index is 12.8. The van der Waals surface area contributed by atoms with E-state index in [1.807, 2.05) is 105 Å². The second-order valence-electron chi connectivity index (χ2n) is 11.5. The molecule has 3 heterocycles. The first-order valence-corrected chi connectivity index (χ1v) is 15.2. The third-order valence-corrected chi connectivity index (χ3v) is 8.49. The van der Waals surface area contributed by atoms with Crippen LogP contribution in [0.5, 0.6) is 11.5 Å². The number of ether oxygens (including phenoxy) is 4. The van der Waals surface area contributed by atoms with E-state index in [0.717, 1.165) is 16.7 Å². The number of fused-ring (bicyclic) bond motifs is 1. The molecular formula is C35H38N6O6. The number of aliphatic imine (C=N–C) groups is 1. The number of aliphatic hydroxyl groups is 1. The molecule has 12 heteroatoms. The van der Waals surface area contributed by atoms with E-state index >= 15 is 0 Å². The fourth-order valence-electron chi connectivity index (χ4n) is 5.75. The number of H-pyrrole nitrogens is 1. The van der Waals surface area contributed by atoms with Gasteiger partial charge in [-0.3, -0.25) is 14.3 Å². The summed E-state index contributed by atoms with van der Waals surface area (Å²) in [6.07, 6.45) is -0.464. The number of nitrogens with zero attached hydrogens (tertiary/aromatic N) is 5. The van der Waals surface area contributed by atoms with Crippen molar-refractivity contribution in [2.45, 2.75) is 37.4 Å². The fourth-order valence-corrected chi connectivity index (χ4v) is 5.75. The van der Waals surface area contributed by atoms with Crippen LogP contribution in [0.1, 0.15) is 36.3 Å². The smallest absolute Gasteiger partial charge is 0.280 e. The zero-order chi connectivity index (χ0) is 33.1. The highest BCUT2D eigenvalue weighted by Gasteiger charge is 2.42. The lowest BCUT2D eigenvalue weighted by Crippen LogP contribution is -2.38. The molecule has 1 aliphatic rings. The third kappa shape index (κ3) is 6.22. The van der Waals surface area contributed by atoms with Crippen LogP contribution in [0.3, 0.4) is 0 Å². The van der Waals surface area contributed by atoms with Crippen LogP contribution in [0.15, 0.2) is 95.0 Å². The van der Waals surface area contributed by atoms with Gasteiger partial charge >= 0.3 is 0 Å². The van der Waals surface area contributed by atoms with Crippen LogP contribution in [-0.4, -0.2) is 82.5 Å². The molecule has 47 heavy (non-hydrogen) atoms. The number of aromatic nitrogens is 4. The Kier molecular flexibility index (Phi) is 9.08. The molecule has 0 bridgehead atoms. The van der Waals surface area contributed by atoms with Crippen LogP contribution >= 0.6 is 0 Å². The molecule has 2 aromatic heterocycles. The van der Waals surface area contributed by atoms with Crippen LogP contribution < -0.4 is 15.0 Å². The van der Waals surface area contributed by atoms with Crippen molar-refractivity contribution in [1.82, 2.24) is 24.4 Å². The molecule has 6 rings (SSSR count). The summed E-state index contributed by atoms with van der Waals surface area (Å²) in [7, 11) is 6.96. The number of hydrogen-bond donors (Lipinski definition) is 2. The minimum Gasteiger partial charge on any atom is -0.497 e. The van der Waals surface area contributed by atoms with Gasteiger partial charge in [0, 0.05) is 20.5 Å². The van der Waals surface area contributed by atoms with Crippen LogP contribution in [0.25, 0.3) is 11.2 Å². The van der Waals surface area contributed by atoms with Gasteiger partial charge in [0.15, 0.2) is 11.2 Å². The van der Waals surface area contributed by atoms with Gasteiger partial charge in [0.1, 0.15) is 35.3 Å². The monoisotopic (exact) mass is 638 g/mol. The normalized spacial score (nSPS) is 18.4. The molecule has 12 nitrogen and oxygen atoms in total. The summed E-state index contributed by atoms with van der Waals surface area (Å²) in [5, 5.41) is 11.3. The second kappa shape index (κ2) is 13.4. The fraction of sp³-hybridized carbons (Fsp3) is 0.314. The van der Waals surface area contributed by atoms with Gasteiger partial charge in [-0.25, -0.2) is 9.98 Å². The SMILES string of the molecule is COc1ccc(C(OC[C@H]2O[C@@H](n3cnc4c(=O)[nH]c(/N=C(\C)N(C)C)nc43)CC2O)(c2ccccc2)c2ccc(OC)cc2)cc1. The number of aromatic amines is 1. The molecule has 0 amide bonds. The lowest BCUT2D eigenvalue weighted by Gasteiger charge is -2.37. The lowest BCUT2D eigenvalue weighted by molar-refractivity contribution is -0.0931. The van der Waals surface area contributed by atoms with Crippen molar-refractivity contribution in [3.63, 3.8) is 0 Å². The molecule has 5 aromatic rings. The van der Waals surface area contributed by atoms with E-state index in [9.17, 15) is 9.90 Å². The molecule has 3 atom stereocenters. The maximum Gasteiger partial charge on any atom is 0.280 e. The molecular weight excluding hydrogens is 600 g/mol. The largest absolute Gasteiger partial charge is 0.497 e. The zero-order valence-corrected chi connectivity index (χ0v) is 27.0. The molecule has 1 saturated heterocycles. The predicted octanol–water partition coefficient (Wildman–Crippen LogP) is 4.41. The Bertz CT molecular complexity index is 1860. The summed E-state index contributed by atoms with van der Waals surface area (Å²) in [6, 6.07) is 25.4. The number of hydrogen-bond acceptors (Lipinski definition) is 9. The quantitative estimate of drug-likeness (QED) is 0.130. The average Bonchev–Trinajstić information content (AvgIpc) is 3.69. The van der Waals surface area contributed by atoms with Crippen molar-refractivity contribution in [2.75, 3.05) is 34.9 Å². The van der Waals surface area contributed by atoms with Gasteiger partial charge in [-0.15, -0.1) is 0 Å². The molecule has 0 radical (unpaired) electrons. The van der Waals surface area contributed by atoms with E-state index < -0.39 is 29.6 Å². The maximum absolute atomic E-state index is 12.8. The Hall–Kier alpha value is -5.04. The Morgan fingerprint density at radius 2 is 1.60 bits per heavy atom. The van der Waals surface area contributed by atoms with E-state index in [-0.39, 0.29) is 24.5 Å². The summed E-state index contributed by atoms with van der Waals surface area (Å²) in [6.45, 7) is 1.86. The Morgan fingerprint density at radius 3 is 2.17 bits per heavy atom. The van der Waals surface area contributed by atoms with Crippen molar-refractivity contribution < 1.29 is 24.1 Å². The lowest BCUT2D eigenvalue weighted by atomic mass is 9.80. The molecule has 1 aliphatic heterocycles. The van der Waals surface area contributed by atoms with Gasteiger partial charge in [-0.05, 0) is 47.9 Å². The zero-order valence-electron chi connectivity index (χ0n) is 27.0. The summed E-state index contributed by atoms with van der Waals surface area (Å²) in [4.78, 5) is 30.6. The molecule has 244 valence electrons. The second-order valence-corrected chi connectivity index (χ2v) is 11.5. The molecule has 1 fully saturated rings. The number of rotatable bonds is 10. The minimum atomic E-state index is -1.07. The Labute approximate surface area is 272 Å². The number of methoxy groups -OCH3 is 2. The Morgan fingerprint density at radius 1 is 1.00 bits per heavy atom. The number of amidine groups is 1. The summed E-state index contributed by atoms with van der Waals surface area (Å²) in [5.74, 6) is 2.25. The van der Waals surface area contributed by atoms with Gasteiger partial charge in [0.05, 0.1) is 33.3 Å². The molecule has 0 aliphatic carbocycles. The average molecular weight is 639 g/mol. The number of imidazole rings is 1. The van der Waals surface area contributed by atoms with Crippen molar-refractivity contribution in [3.05, 3.63) is 112 Å². The van der Waals surface area contributed by atoms with Gasteiger partial charge in [-0.2, -0.15) is 4.98 Å². The van der Waals surface area contributed by atoms with Crippen molar-refractivity contribution in [1.29, 1.82) is 0 Å². The van der Waals surface area contributed by atoms with E-state index in [0.29, 0.717) is 23.0 Å². The molecule has 2 N–H and O–H groups in total. The summed E-state index contributed by atoms with van der Waals surface area (Å²) < 4.78 is 25.9.